The van der Waals surface area contributed by atoms with Crippen molar-refractivity contribution >= 4 is 39.1 Å². The fourth-order valence-electron chi connectivity index (χ4n) is 2.24. The summed E-state index contributed by atoms with van der Waals surface area (Å²) in [7, 11) is 0. The molecule has 0 radical (unpaired) electrons. The first-order valence-corrected chi connectivity index (χ1v) is 7.48. The van der Waals surface area contributed by atoms with E-state index in [0.717, 1.165) is 32.6 Å². The Morgan fingerprint density at radius 3 is 2.70 bits per heavy atom. The number of pyridine rings is 1. The van der Waals surface area contributed by atoms with Crippen LogP contribution in [0.5, 0.6) is 0 Å². The molecule has 0 aliphatic carbocycles. The highest BCUT2D eigenvalue weighted by molar-refractivity contribution is 7.13. The van der Waals surface area contributed by atoms with E-state index in [4.69, 9.17) is 16.6 Å². The molecule has 3 aromatic rings. The van der Waals surface area contributed by atoms with Crippen molar-refractivity contribution in [2.24, 2.45) is 0 Å². The molecule has 0 amide bonds. The van der Waals surface area contributed by atoms with Crippen LogP contribution in [-0.4, -0.2) is 10.2 Å². The van der Waals surface area contributed by atoms with Gasteiger partial charge in [-0.3, -0.25) is 4.79 Å². The van der Waals surface area contributed by atoms with Gasteiger partial charge in [-0.05, 0) is 54.1 Å². The number of rotatable bonds is 2. The van der Waals surface area contributed by atoms with E-state index in [1.807, 2.05) is 43.5 Å². The fourth-order valence-corrected chi connectivity index (χ4v) is 3.09. The van der Waals surface area contributed by atoms with Crippen molar-refractivity contribution in [2.45, 2.75) is 13.8 Å². The van der Waals surface area contributed by atoms with Crippen LogP contribution in [0.25, 0.3) is 21.5 Å². The smallest absolute Gasteiger partial charge is 0.253 e. The number of carbonyl (C=O) groups excluding carboxylic acids is 1. The number of halogens is 1. The molecule has 0 fully saturated rings. The van der Waals surface area contributed by atoms with E-state index in [0.29, 0.717) is 5.56 Å². The van der Waals surface area contributed by atoms with Gasteiger partial charge in [0.15, 0.2) is 0 Å². The van der Waals surface area contributed by atoms with Gasteiger partial charge in [-0.2, -0.15) is 0 Å². The summed E-state index contributed by atoms with van der Waals surface area (Å²) in [5.74, 6) is 0. The molecule has 4 heteroatoms. The Morgan fingerprint density at radius 1 is 1.25 bits per heavy atom. The summed E-state index contributed by atoms with van der Waals surface area (Å²) in [5, 5.41) is 2.36. The van der Waals surface area contributed by atoms with E-state index >= 15 is 0 Å². The first-order valence-electron chi connectivity index (χ1n) is 6.22. The van der Waals surface area contributed by atoms with E-state index in [9.17, 15) is 4.79 Å². The van der Waals surface area contributed by atoms with Crippen LogP contribution in [-0.2, 0) is 0 Å². The maximum absolute atomic E-state index is 11.7. The average Bonchev–Trinajstić information content (AvgIpc) is 2.96. The van der Waals surface area contributed by atoms with Crippen LogP contribution >= 0.6 is 22.9 Å². The molecule has 0 aliphatic rings. The van der Waals surface area contributed by atoms with Crippen LogP contribution in [0.4, 0.5) is 0 Å². The largest absolute Gasteiger partial charge is 0.276 e. The topological polar surface area (TPSA) is 30.0 Å². The highest BCUT2D eigenvalue weighted by atomic mass is 35.5. The quantitative estimate of drug-likeness (QED) is 0.626. The van der Waals surface area contributed by atoms with Crippen LogP contribution < -0.4 is 0 Å². The minimum atomic E-state index is -0.446. The second-order valence-corrected chi connectivity index (χ2v) is 6.00. The maximum atomic E-state index is 11.7. The molecule has 100 valence electrons. The van der Waals surface area contributed by atoms with Crippen molar-refractivity contribution < 1.29 is 4.79 Å². The summed E-state index contributed by atoms with van der Waals surface area (Å²) in [5.41, 5.74) is 4.40. The molecule has 2 aromatic heterocycles. The average molecular weight is 302 g/mol. The van der Waals surface area contributed by atoms with Crippen molar-refractivity contribution in [3.05, 3.63) is 52.4 Å². The number of aromatic nitrogens is 1. The monoisotopic (exact) mass is 301 g/mol. The normalized spacial score (nSPS) is 10.9. The zero-order chi connectivity index (χ0) is 14.3. The highest BCUT2D eigenvalue weighted by Crippen LogP contribution is 2.30. The number of benzene rings is 1. The molecule has 0 unspecified atom stereocenters. The zero-order valence-corrected chi connectivity index (χ0v) is 12.7. The molecule has 2 nitrogen and oxygen atoms in total. The maximum Gasteiger partial charge on any atom is 0.253 e. The van der Waals surface area contributed by atoms with Gasteiger partial charge in [0, 0.05) is 10.9 Å². The number of hydrogen-bond donors (Lipinski definition) is 0. The van der Waals surface area contributed by atoms with Crippen LogP contribution in [0, 0.1) is 13.8 Å². The Bertz CT molecular complexity index is 809. The van der Waals surface area contributed by atoms with Crippen molar-refractivity contribution in [3.63, 3.8) is 0 Å². The summed E-state index contributed by atoms with van der Waals surface area (Å²) in [6.45, 7) is 4.06. The van der Waals surface area contributed by atoms with E-state index in [-0.39, 0.29) is 0 Å². The molecule has 0 N–H and O–H groups in total. The van der Waals surface area contributed by atoms with Gasteiger partial charge in [-0.15, -0.1) is 11.3 Å². The minimum absolute atomic E-state index is 0.446. The Labute approximate surface area is 126 Å². The Kier molecular flexibility index (Phi) is 3.32. The molecule has 0 spiro atoms. The molecular formula is C16H12ClNOS. The number of aryl methyl sites for hydroxylation is 2. The second-order valence-electron chi connectivity index (χ2n) is 4.71. The lowest BCUT2D eigenvalue weighted by molar-refractivity contribution is 0.108. The molecule has 0 saturated heterocycles. The van der Waals surface area contributed by atoms with Gasteiger partial charge in [0.2, 0.25) is 0 Å². The number of hydrogen-bond acceptors (Lipinski definition) is 3. The summed E-state index contributed by atoms with van der Waals surface area (Å²) in [6.07, 6.45) is 0. The third kappa shape index (κ3) is 2.13. The predicted molar refractivity (Wildman–Crippen MR) is 84.7 cm³/mol. The lowest BCUT2D eigenvalue weighted by Gasteiger charge is -2.10. The third-order valence-corrected chi connectivity index (χ3v) is 4.59. The molecule has 20 heavy (non-hydrogen) atoms. The zero-order valence-electron chi connectivity index (χ0n) is 11.1. The van der Waals surface area contributed by atoms with Gasteiger partial charge in [0.1, 0.15) is 0 Å². The fraction of sp³-hybridized carbons (Fsp3) is 0.125. The number of fused-ring (bicyclic) bond motifs is 1. The van der Waals surface area contributed by atoms with Gasteiger partial charge in [0.25, 0.3) is 5.24 Å². The van der Waals surface area contributed by atoms with Crippen LogP contribution in [0.3, 0.4) is 0 Å². The Morgan fingerprint density at radius 2 is 2.05 bits per heavy atom. The summed E-state index contributed by atoms with van der Waals surface area (Å²) < 4.78 is 0. The Hall–Kier alpha value is -1.71. The summed E-state index contributed by atoms with van der Waals surface area (Å²) in [6, 6.07) is 9.65. The molecule has 0 saturated carbocycles. The standard InChI is InChI=1S/C16H12ClNOS/c1-9-5-6-11-12(16(17)19)8-13(14-4-3-7-20-14)18-15(11)10(9)2/h3-8H,1-2H3. The first-order chi connectivity index (χ1) is 9.58. The van der Waals surface area contributed by atoms with Gasteiger partial charge < -0.3 is 0 Å². The third-order valence-electron chi connectivity index (χ3n) is 3.49. The summed E-state index contributed by atoms with van der Waals surface area (Å²) >= 11 is 7.34. The molecule has 0 aliphatic heterocycles. The number of carbonyl (C=O) groups is 1. The summed E-state index contributed by atoms with van der Waals surface area (Å²) in [4.78, 5) is 17.5. The molecule has 0 atom stereocenters. The Balaban J connectivity index is 2.41. The van der Waals surface area contributed by atoms with Crippen molar-refractivity contribution in [1.29, 1.82) is 0 Å². The van der Waals surface area contributed by atoms with Crippen LogP contribution in [0.2, 0.25) is 0 Å². The van der Waals surface area contributed by atoms with Gasteiger partial charge in [0.05, 0.1) is 16.1 Å². The number of nitrogens with zero attached hydrogens (tertiary/aromatic N) is 1. The molecule has 0 bridgehead atoms. The van der Waals surface area contributed by atoms with E-state index in [1.54, 1.807) is 17.4 Å². The number of thiophene rings is 1. The first kappa shape index (κ1) is 13.3. The molecule has 3 rings (SSSR count). The minimum Gasteiger partial charge on any atom is -0.276 e. The van der Waals surface area contributed by atoms with Crippen LogP contribution in [0.15, 0.2) is 35.7 Å². The van der Waals surface area contributed by atoms with E-state index < -0.39 is 5.24 Å². The second kappa shape index (κ2) is 5.00. The molecule has 2 heterocycles. The van der Waals surface area contributed by atoms with E-state index in [2.05, 4.69) is 0 Å². The molecular weight excluding hydrogens is 290 g/mol. The van der Waals surface area contributed by atoms with E-state index in [1.165, 1.54) is 0 Å². The van der Waals surface area contributed by atoms with Gasteiger partial charge in [-0.1, -0.05) is 18.2 Å². The van der Waals surface area contributed by atoms with Gasteiger partial charge >= 0.3 is 0 Å². The SMILES string of the molecule is Cc1ccc2c(C(=O)Cl)cc(-c3cccs3)nc2c1C. The molecule has 1 aromatic carbocycles. The van der Waals surface area contributed by atoms with Gasteiger partial charge in [-0.25, -0.2) is 4.98 Å². The lowest BCUT2D eigenvalue weighted by Crippen LogP contribution is -1.97. The highest BCUT2D eigenvalue weighted by Gasteiger charge is 2.14. The lowest BCUT2D eigenvalue weighted by atomic mass is 10.0. The van der Waals surface area contributed by atoms with Crippen molar-refractivity contribution in [1.82, 2.24) is 4.98 Å². The van der Waals surface area contributed by atoms with Crippen LogP contribution in [0.1, 0.15) is 21.5 Å². The van der Waals surface area contributed by atoms with Crippen molar-refractivity contribution in [3.8, 4) is 10.6 Å². The van der Waals surface area contributed by atoms with Crippen molar-refractivity contribution in [2.75, 3.05) is 0 Å². The predicted octanol–water partition coefficient (Wildman–Crippen LogP) is 4.96.